The zero-order valence-electron chi connectivity index (χ0n) is 18.3. The second-order valence-electron chi connectivity index (χ2n) is 7.17. The van der Waals surface area contributed by atoms with Crippen LogP contribution in [0.25, 0.3) is 5.76 Å². The maximum Gasteiger partial charge on any atom is 0.301 e. The molecule has 1 unspecified atom stereocenters. The fourth-order valence-electron chi connectivity index (χ4n) is 3.91. The molecule has 1 aromatic heterocycles. The molecule has 0 saturated carbocycles. The van der Waals surface area contributed by atoms with E-state index in [2.05, 4.69) is 4.98 Å². The van der Waals surface area contributed by atoms with E-state index in [0.29, 0.717) is 28.4 Å². The van der Waals surface area contributed by atoms with E-state index in [-0.39, 0.29) is 17.2 Å². The van der Waals surface area contributed by atoms with E-state index in [1.54, 1.807) is 60.7 Å². The van der Waals surface area contributed by atoms with Crippen LogP contribution >= 0.6 is 0 Å². The summed E-state index contributed by atoms with van der Waals surface area (Å²) in [4.78, 5) is 32.0. The monoisotopic (exact) mass is 446 g/mol. The molecule has 1 fully saturated rings. The number of methoxy groups -OCH3 is 3. The second kappa shape index (κ2) is 9.04. The zero-order chi connectivity index (χ0) is 23.5. The first kappa shape index (κ1) is 21.9. The average Bonchev–Trinajstić information content (AvgIpc) is 3.13. The van der Waals surface area contributed by atoms with Crippen molar-refractivity contribution in [2.75, 3.05) is 26.2 Å². The largest absolute Gasteiger partial charge is 0.507 e. The summed E-state index contributed by atoms with van der Waals surface area (Å²) in [5.41, 5.74) is 0.705. The highest BCUT2D eigenvalue weighted by atomic mass is 16.5. The molecule has 2 aromatic carbocycles. The molecule has 0 aliphatic carbocycles. The molecule has 1 saturated heterocycles. The van der Waals surface area contributed by atoms with Crippen molar-refractivity contribution in [3.8, 4) is 17.2 Å². The fraction of sp³-hybridized carbons (Fsp3) is 0.160. The summed E-state index contributed by atoms with van der Waals surface area (Å²) in [6, 6.07) is 15.8. The summed E-state index contributed by atoms with van der Waals surface area (Å²) in [7, 11) is 4.46. The maximum atomic E-state index is 13.3. The van der Waals surface area contributed by atoms with Gasteiger partial charge >= 0.3 is 5.91 Å². The van der Waals surface area contributed by atoms with Crippen molar-refractivity contribution in [1.82, 2.24) is 4.98 Å². The van der Waals surface area contributed by atoms with E-state index >= 15 is 0 Å². The van der Waals surface area contributed by atoms with E-state index in [1.807, 2.05) is 0 Å². The van der Waals surface area contributed by atoms with Crippen molar-refractivity contribution in [2.45, 2.75) is 6.04 Å². The number of aliphatic hydroxyl groups is 1. The molecule has 1 aliphatic heterocycles. The molecule has 1 N–H and O–H groups in total. The number of hydrogen-bond donors (Lipinski definition) is 1. The minimum absolute atomic E-state index is 0.0922. The Morgan fingerprint density at radius 2 is 1.73 bits per heavy atom. The normalized spacial score (nSPS) is 17.2. The number of carbonyl (C=O) groups excluding carboxylic acids is 2. The molecular weight excluding hydrogens is 424 g/mol. The fourth-order valence-corrected chi connectivity index (χ4v) is 3.91. The quantitative estimate of drug-likeness (QED) is 0.350. The highest BCUT2D eigenvalue weighted by Gasteiger charge is 2.48. The number of carbonyl (C=O) groups is 2. The van der Waals surface area contributed by atoms with Crippen LogP contribution in [-0.2, 0) is 9.59 Å². The molecule has 1 amide bonds. The smallest absolute Gasteiger partial charge is 0.301 e. The SMILES string of the molecule is COc1cccc(/C(O)=C2/C(=O)C(=O)N(c3ccccn3)C2c2cccc(OC)c2OC)c1. The minimum atomic E-state index is -1.00. The van der Waals surface area contributed by atoms with Crippen molar-refractivity contribution < 1.29 is 28.9 Å². The number of aromatic nitrogens is 1. The molecule has 0 radical (unpaired) electrons. The Bertz CT molecular complexity index is 1240. The zero-order valence-corrected chi connectivity index (χ0v) is 18.3. The van der Waals surface area contributed by atoms with E-state index in [9.17, 15) is 14.7 Å². The van der Waals surface area contributed by atoms with Crippen molar-refractivity contribution >= 4 is 23.3 Å². The predicted octanol–water partition coefficient (Wildman–Crippen LogP) is 3.73. The van der Waals surface area contributed by atoms with Gasteiger partial charge in [-0.3, -0.25) is 14.5 Å². The van der Waals surface area contributed by atoms with Crippen LogP contribution in [0.15, 0.2) is 72.4 Å². The molecule has 8 nitrogen and oxygen atoms in total. The lowest BCUT2D eigenvalue weighted by Crippen LogP contribution is -2.30. The number of Topliss-reactive ketones (excluding diaryl/α,β-unsaturated/α-hetero) is 1. The molecule has 3 aromatic rings. The van der Waals surface area contributed by atoms with Crippen molar-refractivity contribution in [3.05, 3.63) is 83.6 Å². The van der Waals surface area contributed by atoms with Crippen LogP contribution in [0, 0.1) is 0 Å². The Labute approximate surface area is 190 Å². The van der Waals surface area contributed by atoms with Gasteiger partial charge in [-0.05, 0) is 30.3 Å². The van der Waals surface area contributed by atoms with Crippen LogP contribution in [0.4, 0.5) is 5.82 Å². The highest BCUT2D eigenvalue weighted by Crippen LogP contribution is 2.46. The topological polar surface area (TPSA) is 98.2 Å². The number of aliphatic hydroxyl groups excluding tert-OH is 1. The van der Waals surface area contributed by atoms with Gasteiger partial charge < -0.3 is 19.3 Å². The number of amides is 1. The average molecular weight is 446 g/mol. The lowest BCUT2D eigenvalue weighted by Gasteiger charge is -2.26. The van der Waals surface area contributed by atoms with Gasteiger partial charge in [-0.15, -0.1) is 0 Å². The van der Waals surface area contributed by atoms with Crippen molar-refractivity contribution in [1.29, 1.82) is 0 Å². The molecule has 168 valence electrons. The van der Waals surface area contributed by atoms with Gasteiger partial charge in [0.1, 0.15) is 23.4 Å². The van der Waals surface area contributed by atoms with Crippen molar-refractivity contribution in [3.63, 3.8) is 0 Å². The summed E-state index contributed by atoms with van der Waals surface area (Å²) in [6.07, 6.45) is 1.52. The lowest BCUT2D eigenvalue weighted by atomic mass is 9.94. The highest BCUT2D eigenvalue weighted by molar-refractivity contribution is 6.51. The van der Waals surface area contributed by atoms with Crippen LogP contribution in [-0.4, -0.2) is 43.1 Å². The van der Waals surface area contributed by atoms with Gasteiger partial charge in [0.25, 0.3) is 5.78 Å². The number of ether oxygens (including phenoxy) is 3. The summed E-state index contributed by atoms with van der Waals surface area (Å²) in [6.45, 7) is 0. The predicted molar refractivity (Wildman–Crippen MR) is 122 cm³/mol. The first-order chi connectivity index (χ1) is 16.0. The Kier molecular flexibility index (Phi) is 5.99. The third kappa shape index (κ3) is 3.76. The Morgan fingerprint density at radius 1 is 0.939 bits per heavy atom. The standard InChI is InChI=1S/C25H22N2O6/c1-31-16-9-6-8-15(14-16)22(28)20-21(17-10-7-11-18(32-2)24(17)33-3)27(25(30)23(20)29)19-12-4-5-13-26-19/h4-14,21,28H,1-3H3/b22-20-. The van der Waals surface area contributed by atoms with Crippen LogP contribution in [0.5, 0.6) is 17.2 Å². The summed E-state index contributed by atoms with van der Waals surface area (Å²) in [5, 5.41) is 11.2. The van der Waals surface area contributed by atoms with E-state index in [1.165, 1.54) is 32.4 Å². The third-order valence-electron chi connectivity index (χ3n) is 5.41. The summed E-state index contributed by atoms with van der Waals surface area (Å²) in [5.74, 6) is -0.468. The summed E-state index contributed by atoms with van der Waals surface area (Å²) < 4.78 is 16.2. The van der Waals surface area contributed by atoms with Gasteiger partial charge in [0.2, 0.25) is 0 Å². The van der Waals surface area contributed by atoms with Crippen LogP contribution in [0.1, 0.15) is 17.2 Å². The molecule has 1 atom stereocenters. The molecule has 0 bridgehead atoms. The number of hydrogen-bond acceptors (Lipinski definition) is 7. The van der Waals surface area contributed by atoms with Crippen molar-refractivity contribution in [2.24, 2.45) is 0 Å². The lowest BCUT2D eigenvalue weighted by molar-refractivity contribution is -0.132. The van der Waals surface area contributed by atoms with E-state index in [0.717, 1.165) is 0 Å². The first-order valence-electron chi connectivity index (χ1n) is 10.1. The number of pyridine rings is 1. The second-order valence-corrected chi connectivity index (χ2v) is 7.17. The molecule has 4 rings (SSSR count). The van der Waals surface area contributed by atoms with Crippen LogP contribution in [0.2, 0.25) is 0 Å². The number of anilines is 1. The molecular formula is C25H22N2O6. The number of benzene rings is 2. The van der Waals surface area contributed by atoms with Gasteiger partial charge in [0, 0.05) is 17.3 Å². The Balaban J connectivity index is 2.01. The van der Waals surface area contributed by atoms with Gasteiger partial charge in [-0.2, -0.15) is 0 Å². The summed E-state index contributed by atoms with van der Waals surface area (Å²) >= 11 is 0. The number of ketones is 1. The van der Waals surface area contributed by atoms with Gasteiger partial charge in [0.15, 0.2) is 11.5 Å². The number of nitrogens with zero attached hydrogens (tertiary/aromatic N) is 2. The van der Waals surface area contributed by atoms with Gasteiger partial charge in [-0.1, -0.05) is 30.3 Å². The maximum absolute atomic E-state index is 13.3. The molecule has 1 aliphatic rings. The minimum Gasteiger partial charge on any atom is -0.507 e. The molecule has 33 heavy (non-hydrogen) atoms. The number of rotatable bonds is 6. The number of para-hydroxylation sites is 1. The third-order valence-corrected chi connectivity index (χ3v) is 5.41. The molecule has 2 heterocycles. The van der Waals surface area contributed by atoms with Gasteiger partial charge in [-0.25, -0.2) is 4.98 Å². The van der Waals surface area contributed by atoms with Crippen LogP contribution in [0.3, 0.4) is 0 Å². The van der Waals surface area contributed by atoms with E-state index in [4.69, 9.17) is 14.2 Å². The van der Waals surface area contributed by atoms with E-state index < -0.39 is 17.7 Å². The molecule has 0 spiro atoms. The Morgan fingerprint density at radius 3 is 2.39 bits per heavy atom. The van der Waals surface area contributed by atoms with Crippen LogP contribution < -0.4 is 19.1 Å². The van der Waals surface area contributed by atoms with Gasteiger partial charge in [0.05, 0.1) is 26.9 Å². The Hall–Kier alpha value is -4.33. The molecule has 8 heteroatoms. The first-order valence-corrected chi connectivity index (χ1v) is 10.1.